The van der Waals surface area contributed by atoms with Gasteiger partial charge in [-0.1, -0.05) is 19.1 Å². The van der Waals surface area contributed by atoms with Gasteiger partial charge in [0.1, 0.15) is 5.75 Å². The number of carbonyl (C=O) groups excluding carboxylic acids is 1. The molecule has 1 amide bonds. The van der Waals surface area contributed by atoms with E-state index in [2.05, 4.69) is 22.6 Å². The summed E-state index contributed by atoms with van der Waals surface area (Å²) in [5, 5.41) is 9.68. The van der Waals surface area contributed by atoms with Crippen molar-refractivity contribution >= 4 is 42.5 Å². The summed E-state index contributed by atoms with van der Waals surface area (Å²) in [6.07, 6.45) is 0.000176. The van der Waals surface area contributed by atoms with Crippen LogP contribution >= 0.6 is 22.6 Å². The van der Waals surface area contributed by atoms with Crippen molar-refractivity contribution in [2.45, 2.75) is 50.2 Å². The Hall–Kier alpha value is -1.46. The van der Waals surface area contributed by atoms with Crippen LogP contribution in [0.4, 0.5) is 5.69 Å². The number of nitrogens with zero attached hydrogens (tertiary/aromatic N) is 1. The van der Waals surface area contributed by atoms with E-state index >= 15 is 0 Å². The Morgan fingerprint density at radius 2 is 1.91 bits per heavy atom. The number of halogens is 1. The van der Waals surface area contributed by atoms with E-state index in [1.807, 2.05) is 62.5 Å². The van der Waals surface area contributed by atoms with Gasteiger partial charge in [0.2, 0.25) is 0 Å². The molecule has 2 heterocycles. The van der Waals surface area contributed by atoms with Crippen LogP contribution in [0.3, 0.4) is 0 Å². The number of hydrogen-bond acceptors (Lipinski definition) is 5. The minimum Gasteiger partial charge on any atom is -0.497 e. The normalized spacial score (nSPS) is 27.3. The molecule has 2 aromatic rings. The molecule has 0 saturated carbocycles. The maximum absolute atomic E-state index is 14.1. The highest BCUT2D eigenvalue weighted by Gasteiger charge is 2.66. The van der Waals surface area contributed by atoms with E-state index in [9.17, 15) is 14.7 Å². The molecule has 0 aromatic heterocycles. The zero-order valence-electron chi connectivity index (χ0n) is 18.8. The summed E-state index contributed by atoms with van der Waals surface area (Å²) in [5.41, 5.74) is 1.23. The third kappa shape index (κ3) is 3.79. The smallest absolute Gasteiger partial charge is 0.264 e. The predicted molar refractivity (Wildman–Crippen MR) is 134 cm³/mol. The van der Waals surface area contributed by atoms with Crippen LogP contribution in [0.1, 0.15) is 24.5 Å². The second-order valence-corrected chi connectivity index (χ2v) is 14.5. The van der Waals surface area contributed by atoms with Crippen molar-refractivity contribution < 1.29 is 24.2 Å². The Morgan fingerprint density at radius 1 is 1.22 bits per heavy atom. The van der Waals surface area contributed by atoms with Crippen LogP contribution in [-0.4, -0.2) is 43.9 Å². The first-order chi connectivity index (χ1) is 15.1. The van der Waals surface area contributed by atoms with Gasteiger partial charge in [0, 0.05) is 27.2 Å². The fourth-order valence-electron chi connectivity index (χ4n) is 5.51. The lowest BCUT2D eigenvalue weighted by Crippen LogP contribution is -2.46. The van der Waals surface area contributed by atoms with Crippen molar-refractivity contribution in [2.24, 2.45) is 5.92 Å². The zero-order chi connectivity index (χ0) is 23.3. The first-order valence-corrected chi connectivity index (χ1v) is 15.0. The zero-order valence-corrected chi connectivity index (χ0v) is 22.0. The first kappa shape index (κ1) is 23.7. The molecule has 2 aliphatic heterocycles. The maximum Gasteiger partial charge on any atom is 0.264 e. The molecule has 2 aliphatic rings. The molecule has 32 heavy (non-hydrogen) atoms. The van der Waals surface area contributed by atoms with Gasteiger partial charge in [-0.25, -0.2) is 0 Å². The minimum atomic E-state index is -2.70. The number of hydrogen-bond donors (Lipinski definition) is 2. The molecule has 0 bridgehead atoms. The monoisotopic (exact) mass is 567 g/mol. The molecule has 6 nitrogen and oxygen atoms in total. The summed E-state index contributed by atoms with van der Waals surface area (Å²) >= 11 is 2.27. The van der Waals surface area contributed by atoms with Gasteiger partial charge in [-0.05, 0) is 78.0 Å². The summed E-state index contributed by atoms with van der Waals surface area (Å²) in [6.45, 7) is 6.15. The summed E-state index contributed by atoms with van der Waals surface area (Å²) in [5.74, 6) is 0.298. The summed E-state index contributed by atoms with van der Waals surface area (Å²) in [6, 6.07) is 13.8. The van der Waals surface area contributed by atoms with Gasteiger partial charge < -0.3 is 24.3 Å². The van der Waals surface area contributed by atoms with Crippen LogP contribution in [0, 0.1) is 9.49 Å². The number of methoxy groups -OCH3 is 1. The van der Waals surface area contributed by atoms with Crippen molar-refractivity contribution in [2.75, 3.05) is 18.6 Å². The van der Waals surface area contributed by atoms with Gasteiger partial charge in [-0.2, -0.15) is 0 Å². The van der Waals surface area contributed by atoms with Gasteiger partial charge in [0.05, 0.1) is 25.4 Å². The molecule has 4 atom stereocenters. The van der Waals surface area contributed by atoms with Crippen LogP contribution in [0.5, 0.6) is 5.75 Å². The van der Waals surface area contributed by atoms with Crippen LogP contribution in [0.25, 0.3) is 0 Å². The number of amides is 1. The topological polar surface area (TPSA) is 79.2 Å². The van der Waals surface area contributed by atoms with Gasteiger partial charge >= 0.3 is 0 Å². The van der Waals surface area contributed by atoms with Gasteiger partial charge in [-0.15, -0.1) is 0 Å². The number of carbonyl (C=O) groups is 1. The molecule has 8 heteroatoms. The lowest BCUT2D eigenvalue weighted by Gasteiger charge is -2.32. The number of aliphatic hydroxyl groups excluding tert-OH is 1. The lowest BCUT2D eigenvalue weighted by molar-refractivity contribution is -0.146. The molecule has 2 aromatic carbocycles. The second-order valence-electron chi connectivity index (χ2n) is 9.27. The van der Waals surface area contributed by atoms with Crippen LogP contribution in [0.15, 0.2) is 42.5 Å². The van der Waals surface area contributed by atoms with Crippen LogP contribution < -0.4 is 9.64 Å². The molecule has 0 radical (unpaired) electrons. The van der Waals surface area contributed by atoms with E-state index in [1.165, 1.54) is 0 Å². The summed E-state index contributed by atoms with van der Waals surface area (Å²) < 4.78 is 13.2. The van der Waals surface area contributed by atoms with E-state index < -0.39 is 13.9 Å². The van der Waals surface area contributed by atoms with E-state index in [0.717, 1.165) is 20.4 Å². The number of fused-ring (bicyclic) bond motifs is 2. The van der Waals surface area contributed by atoms with E-state index in [4.69, 9.17) is 9.47 Å². The van der Waals surface area contributed by atoms with Crippen molar-refractivity contribution in [1.29, 1.82) is 0 Å². The van der Waals surface area contributed by atoms with Crippen LogP contribution in [-0.2, 0) is 21.7 Å². The molecule has 1 fully saturated rings. The van der Waals surface area contributed by atoms with Crippen molar-refractivity contribution in [3.8, 4) is 5.75 Å². The Labute approximate surface area is 203 Å². The quantitative estimate of drug-likeness (QED) is 0.407. The SMILES string of the molecule is COc1ccc2c(c1)[C@]1(O[C@@H](CCO)[C@H]([Si](C)(C)O)[C@H]1C)C(=O)N2Cc1ccc(I)cc1. The third-order valence-corrected chi connectivity index (χ3v) is 10.1. The molecule has 4 rings (SSSR count). The second kappa shape index (κ2) is 8.71. The Balaban J connectivity index is 1.83. The van der Waals surface area contributed by atoms with Gasteiger partial charge in [-0.3, -0.25) is 4.79 Å². The van der Waals surface area contributed by atoms with Crippen molar-refractivity contribution in [3.05, 3.63) is 57.2 Å². The molecule has 0 unspecified atom stereocenters. The largest absolute Gasteiger partial charge is 0.497 e. The Kier molecular flexibility index (Phi) is 6.45. The Morgan fingerprint density at radius 3 is 2.50 bits per heavy atom. The molecule has 2 N–H and O–H groups in total. The number of ether oxygens (including phenoxy) is 2. The minimum absolute atomic E-state index is 0.0556. The van der Waals surface area contributed by atoms with Crippen molar-refractivity contribution in [3.63, 3.8) is 0 Å². The number of benzene rings is 2. The van der Waals surface area contributed by atoms with Crippen LogP contribution in [0.2, 0.25) is 18.6 Å². The average Bonchev–Trinajstić information content (AvgIpc) is 3.17. The molecule has 0 aliphatic carbocycles. The fourth-order valence-corrected chi connectivity index (χ4v) is 8.47. The highest BCUT2D eigenvalue weighted by atomic mass is 127. The third-order valence-electron chi connectivity index (χ3n) is 6.86. The number of rotatable bonds is 6. The first-order valence-electron chi connectivity index (χ1n) is 10.9. The van der Waals surface area contributed by atoms with E-state index in [0.29, 0.717) is 18.7 Å². The Bertz CT molecular complexity index is 1010. The molecule has 1 spiro atoms. The molecule has 1 saturated heterocycles. The van der Waals surface area contributed by atoms with Crippen molar-refractivity contribution in [1.82, 2.24) is 0 Å². The number of aliphatic hydroxyl groups is 1. The average molecular weight is 567 g/mol. The molecular formula is C24H30INO5Si. The van der Waals surface area contributed by atoms with E-state index in [1.54, 1.807) is 12.0 Å². The van der Waals surface area contributed by atoms with E-state index in [-0.39, 0.29) is 30.1 Å². The number of anilines is 1. The highest BCUT2D eigenvalue weighted by Crippen LogP contribution is 2.60. The highest BCUT2D eigenvalue weighted by molar-refractivity contribution is 14.1. The standard InChI is InChI=1S/C24H30INO5Si/c1-15-22(32(3,4)29)21(11-12-27)31-24(15)19-13-18(30-2)9-10-20(19)26(23(24)28)14-16-5-7-17(25)8-6-16/h5-10,13,15,21-22,27,29H,11-12,14H2,1-4H3/t15-,21+,22-,24+/m1/s1. The van der Waals surface area contributed by atoms with Gasteiger partial charge in [0.25, 0.3) is 5.91 Å². The summed E-state index contributed by atoms with van der Waals surface area (Å²) in [7, 11) is -1.09. The molecule has 172 valence electrons. The fraction of sp³-hybridized carbons (Fsp3) is 0.458. The van der Waals surface area contributed by atoms with Gasteiger partial charge in [0.15, 0.2) is 13.9 Å². The maximum atomic E-state index is 14.1. The molecular weight excluding hydrogens is 537 g/mol. The summed E-state index contributed by atoms with van der Waals surface area (Å²) in [4.78, 5) is 27.0. The lowest BCUT2D eigenvalue weighted by atomic mass is 9.82. The predicted octanol–water partition coefficient (Wildman–Crippen LogP) is 4.03.